The number of hydrogen-bond donors (Lipinski definition) is 3. The Labute approximate surface area is 236 Å². The minimum Gasteiger partial charge on any atom is -0.399 e. The second kappa shape index (κ2) is 11.5. The summed E-state index contributed by atoms with van der Waals surface area (Å²) in [4.78, 5) is 24.2. The largest absolute Gasteiger partial charge is 0.399 e. The van der Waals surface area contributed by atoms with Crippen LogP contribution in [0.4, 0.5) is 16.2 Å². The van der Waals surface area contributed by atoms with Gasteiger partial charge in [0.1, 0.15) is 0 Å². The molecule has 2 aliphatic rings. The first-order valence-corrected chi connectivity index (χ1v) is 15.9. The number of thioether (sulfide) groups is 2. The molecule has 0 bridgehead atoms. The van der Waals surface area contributed by atoms with Gasteiger partial charge in [0.25, 0.3) is 11.1 Å². The minimum atomic E-state index is -3.73. The molecule has 39 heavy (non-hydrogen) atoms. The third kappa shape index (κ3) is 6.01. The third-order valence-electron chi connectivity index (χ3n) is 6.76. The quantitative estimate of drug-likeness (QED) is 0.255. The number of benzene rings is 3. The summed E-state index contributed by atoms with van der Waals surface area (Å²) in [5.41, 5.74) is 9.88. The summed E-state index contributed by atoms with van der Waals surface area (Å²) >= 11 is 2.50. The first-order valence-electron chi connectivity index (χ1n) is 12.3. The minimum absolute atomic E-state index is 0.169. The fourth-order valence-corrected chi connectivity index (χ4v) is 7.90. The summed E-state index contributed by atoms with van der Waals surface area (Å²) in [7, 11) is -3.73. The normalized spacial score (nSPS) is 20.9. The summed E-state index contributed by atoms with van der Waals surface area (Å²) in [6.45, 7) is 0.777. The van der Waals surface area contributed by atoms with Crippen molar-refractivity contribution in [2.45, 2.75) is 22.6 Å². The molecule has 0 saturated carbocycles. The van der Waals surface area contributed by atoms with Gasteiger partial charge in [-0.05, 0) is 71.5 Å². The van der Waals surface area contributed by atoms with E-state index in [1.165, 1.54) is 0 Å². The van der Waals surface area contributed by atoms with Crippen molar-refractivity contribution in [2.75, 3.05) is 30.4 Å². The van der Waals surface area contributed by atoms with Crippen LogP contribution < -0.4 is 16.4 Å². The number of amides is 2. The number of imide groups is 1. The van der Waals surface area contributed by atoms with E-state index in [0.29, 0.717) is 41.4 Å². The zero-order valence-electron chi connectivity index (χ0n) is 21.2. The molecule has 4 N–H and O–H groups in total. The van der Waals surface area contributed by atoms with Crippen LogP contribution in [0.2, 0.25) is 0 Å². The molecule has 2 fully saturated rings. The first kappa shape index (κ1) is 27.3. The van der Waals surface area contributed by atoms with Gasteiger partial charge in [0.2, 0.25) is 10.0 Å². The van der Waals surface area contributed by atoms with E-state index < -0.39 is 21.2 Å². The van der Waals surface area contributed by atoms with Crippen LogP contribution >= 0.6 is 23.5 Å². The maximum absolute atomic E-state index is 13.8. The lowest BCUT2D eigenvalue weighted by molar-refractivity contribution is -0.115. The fourth-order valence-electron chi connectivity index (χ4n) is 4.72. The van der Waals surface area contributed by atoms with Crippen molar-refractivity contribution >= 4 is 62.1 Å². The standard InChI is InChI=1S/C28H28N4O4S3/c1-37-23-15-22(16-30-25-14-21(29)10-7-20(25)13-26-27(33)31-28(34)38-26)32(17-23)39(35,36)24-11-8-19(9-12-24)18-5-3-2-4-6-18/h2-14,22-23,30H,15-17,29H2,1H3,(H,31,33,34)/t22-,23-/m0/s1. The Kier molecular flexibility index (Phi) is 8.03. The number of carbonyl (C=O) groups excluding carboxylic acids is 2. The summed E-state index contributed by atoms with van der Waals surface area (Å²) in [6.07, 6.45) is 4.32. The van der Waals surface area contributed by atoms with Gasteiger partial charge in [-0.3, -0.25) is 14.9 Å². The molecule has 3 aromatic rings. The number of nitrogen functional groups attached to an aromatic ring is 1. The first-order chi connectivity index (χ1) is 18.7. The van der Waals surface area contributed by atoms with Gasteiger partial charge in [0.15, 0.2) is 0 Å². The number of anilines is 2. The van der Waals surface area contributed by atoms with E-state index in [9.17, 15) is 18.0 Å². The highest BCUT2D eigenvalue weighted by Crippen LogP contribution is 2.34. The smallest absolute Gasteiger partial charge is 0.290 e. The predicted molar refractivity (Wildman–Crippen MR) is 160 cm³/mol. The summed E-state index contributed by atoms with van der Waals surface area (Å²) in [5, 5.41) is 5.37. The average Bonchev–Trinajstić information content (AvgIpc) is 3.51. The van der Waals surface area contributed by atoms with E-state index in [1.807, 2.05) is 48.7 Å². The molecule has 8 nitrogen and oxygen atoms in total. The number of nitrogens with two attached hydrogens (primary N) is 1. The van der Waals surface area contributed by atoms with E-state index in [0.717, 1.165) is 22.9 Å². The van der Waals surface area contributed by atoms with Crippen LogP contribution in [0.1, 0.15) is 12.0 Å². The van der Waals surface area contributed by atoms with Gasteiger partial charge in [0, 0.05) is 35.8 Å². The van der Waals surface area contributed by atoms with Crippen LogP contribution in [0.3, 0.4) is 0 Å². The molecule has 3 aromatic carbocycles. The Hall–Kier alpha value is -3.25. The topological polar surface area (TPSA) is 122 Å². The van der Waals surface area contributed by atoms with Gasteiger partial charge < -0.3 is 11.1 Å². The highest BCUT2D eigenvalue weighted by Gasteiger charge is 2.40. The summed E-state index contributed by atoms with van der Waals surface area (Å²) < 4.78 is 29.1. The lowest BCUT2D eigenvalue weighted by Crippen LogP contribution is -2.39. The number of hydrogen-bond acceptors (Lipinski definition) is 8. The van der Waals surface area contributed by atoms with Crippen molar-refractivity contribution in [3.8, 4) is 11.1 Å². The lowest BCUT2D eigenvalue weighted by Gasteiger charge is -2.25. The Bertz CT molecular complexity index is 1530. The number of nitrogens with zero attached hydrogens (tertiary/aromatic N) is 1. The van der Waals surface area contributed by atoms with E-state index in [2.05, 4.69) is 10.6 Å². The summed E-state index contributed by atoms with van der Waals surface area (Å²) in [5.74, 6) is -0.443. The Balaban J connectivity index is 1.37. The number of sulfonamides is 1. The second-order valence-corrected chi connectivity index (χ2v) is 13.3. The monoisotopic (exact) mass is 580 g/mol. The second-order valence-electron chi connectivity index (χ2n) is 9.29. The number of carbonyl (C=O) groups is 2. The molecule has 5 rings (SSSR count). The predicted octanol–water partition coefficient (Wildman–Crippen LogP) is 4.87. The van der Waals surface area contributed by atoms with Gasteiger partial charge in [0.05, 0.1) is 9.80 Å². The van der Waals surface area contributed by atoms with Crippen molar-refractivity contribution < 1.29 is 18.0 Å². The Morgan fingerprint density at radius 1 is 1.08 bits per heavy atom. The number of nitrogens with one attached hydrogen (secondary N) is 2. The zero-order chi connectivity index (χ0) is 27.6. The lowest BCUT2D eigenvalue weighted by atomic mass is 10.1. The van der Waals surface area contributed by atoms with Gasteiger partial charge in [-0.2, -0.15) is 16.1 Å². The molecule has 0 aliphatic carbocycles. The Morgan fingerprint density at radius 2 is 1.79 bits per heavy atom. The molecule has 0 spiro atoms. The van der Waals surface area contributed by atoms with Gasteiger partial charge in [-0.25, -0.2) is 8.42 Å². The highest BCUT2D eigenvalue weighted by atomic mass is 32.2. The molecule has 2 amide bonds. The zero-order valence-corrected chi connectivity index (χ0v) is 23.6. The van der Waals surface area contributed by atoms with Crippen LogP contribution in [0.5, 0.6) is 0 Å². The van der Waals surface area contributed by atoms with Crippen molar-refractivity contribution in [3.63, 3.8) is 0 Å². The van der Waals surface area contributed by atoms with Crippen molar-refractivity contribution in [2.24, 2.45) is 0 Å². The van der Waals surface area contributed by atoms with Crippen molar-refractivity contribution in [3.05, 3.63) is 83.3 Å². The van der Waals surface area contributed by atoms with Gasteiger partial charge in [-0.15, -0.1) is 0 Å². The molecule has 202 valence electrons. The molecular weight excluding hydrogens is 553 g/mol. The third-order valence-corrected chi connectivity index (χ3v) is 10.5. The molecular formula is C28H28N4O4S3. The van der Waals surface area contributed by atoms with Crippen molar-refractivity contribution in [1.82, 2.24) is 9.62 Å². The molecule has 2 saturated heterocycles. The Morgan fingerprint density at radius 3 is 2.46 bits per heavy atom. The van der Waals surface area contributed by atoms with Crippen LogP contribution in [-0.2, 0) is 14.8 Å². The van der Waals surface area contributed by atoms with Gasteiger partial charge >= 0.3 is 0 Å². The molecule has 0 aromatic heterocycles. The van der Waals surface area contributed by atoms with Crippen molar-refractivity contribution in [1.29, 1.82) is 0 Å². The van der Waals surface area contributed by atoms with Crippen LogP contribution in [-0.4, -0.2) is 54.5 Å². The molecule has 0 unspecified atom stereocenters. The van der Waals surface area contributed by atoms with E-state index in [1.54, 1.807) is 52.5 Å². The van der Waals surface area contributed by atoms with Crippen LogP contribution in [0.25, 0.3) is 17.2 Å². The highest BCUT2D eigenvalue weighted by molar-refractivity contribution is 8.18. The molecule has 2 heterocycles. The molecule has 2 aliphatic heterocycles. The van der Waals surface area contributed by atoms with Gasteiger partial charge in [-0.1, -0.05) is 48.5 Å². The van der Waals surface area contributed by atoms with Crippen LogP contribution in [0, 0.1) is 0 Å². The SMILES string of the molecule is CS[C@H]1C[C@@H](CNc2cc(N)ccc2C=C2SC(=O)NC2=O)N(S(=O)(=O)c2ccc(-c3ccccc3)cc2)C1. The maximum atomic E-state index is 13.8. The van der Waals surface area contributed by atoms with Crippen LogP contribution in [0.15, 0.2) is 82.6 Å². The van der Waals surface area contributed by atoms with E-state index in [-0.39, 0.29) is 16.2 Å². The average molecular weight is 581 g/mol. The molecule has 0 radical (unpaired) electrons. The van der Waals surface area contributed by atoms with E-state index >= 15 is 0 Å². The summed E-state index contributed by atoms with van der Waals surface area (Å²) in [6, 6.07) is 21.8. The van der Waals surface area contributed by atoms with E-state index in [4.69, 9.17) is 5.73 Å². The fraction of sp³-hybridized carbons (Fsp3) is 0.214. The molecule has 11 heteroatoms. The molecule has 2 atom stereocenters. The number of rotatable bonds is 8. The maximum Gasteiger partial charge on any atom is 0.290 e.